The maximum atomic E-state index is 5.93. The summed E-state index contributed by atoms with van der Waals surface area (Å²) in [6.45, 7) is 2.00. The third-order valence-electron chi connectivity index (χ3n) is 2.26. The Hall–Kier alpha value is -1.32. The van der Waals surface area contributed by atoms with E-state index in [4.69, 9.17) is 5.73 Å². The lowest BCUT2D eigenvalue weighted by atomic mass is 10.1. The molecule has 1 aromatic carbocycles. The van der Waals surface area contributed by atoms with Crippen molar-refractivity contribution >= 4 is 11.8 Å². The number of rotatable bonds is 3. The molecule has 0 aliphatic rings. The van der Waals surface area contributed by atoms with Gasteiger partial charge in [0.05, 0.1) is 0 Å². The highest BCUT2D eigenvalue weighted by molar-refractivity contribution is 7.99. The molecule has 0 fully saturated rings. The Bertz CT molecular complexity index is 454. The second-order valence-corrected chi connectivity index (χ2v) is 4.66. The summed E-state index contributed by atoms with van der Waals surface area (Å²) >= 11 is 1.65. The zero-order valence-corrected chi connectivity index (χ0v) is 9.95. The number of pyridine rings is 1. The molecule has 2 nitrogen and oxygen atoms in total. The predicted octanol–water partition coefficient (Wildman–Crippen LogP) is 3.25. The lowest BCUT2D eigenvalue weighted by Gasteiger charge is -2.11. The third-order valence-corrected chi connectivity index (χ3v) is 3.30. The van der Waals surface area contributed by atoms with Crippen molar-refractivity contribution in [2.45, 2.75) is 22.9 Å². The van der Waals surface area contributed by atoms with Gasteiger partial charge in [-0.2, -0.15) is 0 Å². The van der Waals surface area contributed by atoms with Crippen LogP contribution in [0.25, 0.3) is 0 Å². The van der Waals surface area contributed by atoms with Crippen LogP contribution in [0.4, 0.5) is 0 Å². The van der Waals surface area contributed by atoms with Crippen molar-refractivity contribution in [3.8, 4) is 0 Å². The molecule has 2 N–H and O–H groups in total. The molecule has 82 valence electrons. The van der Waals surface area contributed by atoms with Crippen molar-refractivity contribution < 1.29 is 0 Å². The van der Waals surface area contributed by atoms with Crippen LogP contribution in [-0.2, 0) is 0 Å². The molecule has 0 saturated heterocycles. The van der Waals surface area contributed by atoms with Crippen molar-refractivity contribution in [2.24, 2.45) is 5.73 Å². The topological polar surface area (TPSA) is 38.9 Å². The summed E-state index contributed by atoms with van der Waals surface area (Å²) in [6.07, 6.45) is 1.80. The van der Waals surface area contributed by atoms with Gasteiger partial charge in [-0.1, -0.05) is 36.0 Å². The molecule has 0 radical (unpaired) electrons. The predicted molar refractivity (Wildman–Crippen MR) is 67.4 cm³/mol. The Morgan fingerprint density at radius 3 is 2.56 bits per heavy atom. The molecule has 1 aromatic heterocycles. The van der Waals surface area contributed by atoms with Gasteiger partial charge in [0.1, 0.15) is 5.03 Å². The van der Waals surface area contributed by atoms with Crippen molar-refractivity contribution in [3.05, 3.63) is 54.2 Å². The second-order valence-electron chi connectivity index (χ2n) is 3.60. The lowest BCUT2D eigenvalue weighted by molar-refractivity contribution is 0.797. The van der Waals surface area contributed by atoms with Crippen LogP contribution in [0.2, 0.25) is 0 Å². The van der Waals surface area contributed by atoms with Crippen LogP contribution in [0.5, 0.6) is 0 Å². The molecule has 0 bridgehead atoms. The van der Waals surface area contributed by atoms with Crippen molar-refractivity contribution in [3.63, 3.8) is 0 Å². The zero-order chi connectivity index (χ0) is 11.4. The average molecular weight is 230 g/mol. The fraction of sp³-hybridized carbons (Fsp3) is 0.154. The summed E-state index contributed by atoms with van der Waals surface area (Å²) in [4.78, 5) is 5.47. The Morgan fingerprint density at radius 2 is 1.88 bits per heavy atom. The van der Waals surface area contributed by atoms with Gasteiger partial charge in [0, 0.05) is 17.1 Å². The van der Waals surface area contributed by atoms with Crippen LogP contribution < -0.4 is 5.73 Å². The molecule has 16 heavy (non-hydrogen) atoms. The van der Waals surface area contributed by atoms with Gasteiger partial charge in [-0.05, 0) is 30.7 Å². The van der Waals surface area contributed by atoms with Gasteiger partial charge in [0.15, 0.2) is 0 Å². The molecule has 1 atom stereocenters. The Morgan fingerprint density at radius 1 is 1.12 bits per heavy atom. The second kappa shape index (κ2) is 5.14. The molecule has 0 aliphatic carbocycles. The van der Waals surface area contributed by atoms with Crippen LogP contribution in [0.1, 0.15) is 18.5 Å². The molecular weight excluding hydrogens is 216 g/mol. The third kappa shape index (κ3) is 2.62. The molecule has 0 unspecified atom stereocenters. The Labute approximate surface area is 99.9 Å². The lowest BCUT2D eigenvalue weighted by Crippen LogP contribution is -2.06. The molecule has 2 aromatic rings. The molecule has 0 spiro atoms. The first-order valence-corrected chi connectivity index (χ1v) is 6.02. The van der Waals surface area contributed by atoms with Crippen molar-refractivity contribution in [1.29, 1.82) is 0 Å². The van der Waals surface area contributed by atoms with Gasteiger partial charge < -0.3 is 5.73 Å². The Balaban J connectivity index is 2.28. The van der Waals surface area contributed by atoms with E-state index in [9.17, 15) is 0 Å². The van der Waals surface area contributed by atoms with Crippen LogP contribution >= 0.6 is 11.8 Å². The maximum absolute atomic E-state index is 5.93. The van der Waals surface area contributed by atoms with Gasteiger partial charge in [0.2, 0.25) is 0 Å². The maximum Gasteiger partial charge on any atom is 0.101 e. The van der Waals surface area contributed by atoms with E-state index in [1.54, 1.807) is 18.0 Å². The zero-order valence-electron chi connectivity index (χ0n) is 9.13. The summed E-state index contributed by atoms with van der Waals surface area (Å²) in [7, 11) is 0. The van der Waals surface area contributed by atoms with Gasteiger partial charge in [-0.3, -0.25) is 0 Å². The first kappa shape index (κ1) is 11.2. The fourth-order valence-corrected chi connectivity index (χ4v) is 2.47. The number of nitrogens with zero attached hydrogens (tertiary/aromatic N) is 1. The number of hydrogen-bond acceptors (Lipinski definition) is 3. The number of benzene rings is 1. The molecule has 0 amide bonds. The number of hydrogen-bond donors (Lipinski definition) is 1. The standard InChI is InChI=1S/C13H14N2S/c1-10(14)11-6-2-3-7-12(11)16-13-8-4-5-9-15-13/h2-10H,14H2,1H3/t10-/m0/s1. The molecule has 1 heterocycles. The molecule has 0 saturated carbocycles. The van der Waals surface area contributed by atoms with E-state index in [1.165, 1.54) is 4.90 Å². The van der Waals surface area contributed by atoms with Crippen LogP contribution in [0.15, 0.2) is 58.6 Å². The van der Waals surface area contributed by atoms with Gasteiger partial charge in [-0.15, -0.1) is 0 Å². The van der Waals surface area contributed by atoms with Crippen molar-refractivity contribution in [1.82, 2.24) is 4.98 Å². The van der Waals surface area contributed by atoms with E-state index in [0.29, 0.717) is 0 Å². The molecule has 0 aliphatic heterocycles. The summed E-state index contributed by atoms with van der Waals surface area (Å²) in [5, 5.41) is 0.996. The summed E-state index contributed by atoms with van der Waals surface area (Å²) in [5.41, 5.74) is 7.10. The van der Waals surface area contributed by atoms with E-state index >= 15 is 0 Å². The summed E-state index contributed by atoms with van der Waals surface area (Å²) in [5.74, 6) is 0. The molecular formula is C13H14N2S. The monoisotopic (exact) mass is 230 g/mol. The largest absolute Gasteiger partial charge is 0.324 e. The minimum atomic E-state index is 0.0485. The minimum Gasteiger partial charge on any atom is -0.324 e. The first-order chi connectivity index (χ1) is 7.77. The highest BCUT2D eigenvalue weighted by atomic mass is 32.2. The SMILES string of the molecule is C[C@H](N)c1ccccc1Sc1ccccn1. The highest BCUT2D eigenvalue weighted by Gasteiger charge is 2.07. The summed E-state index contributed by atoms with van der Waals surface area (Å²) < 4.78 is 0. The fourth-order valence-electron chi connectivity index (χ4n) is 1.47. The van der Waals surface area contributed by atoms with Gasteiger partial charge in [-0.25, -0.2) is 4.98 Å². The van der Waals surface area contributed by atoms with E-state index in [2.05, 4.69) is 17.1 Å². The van der Waals surface area contributed by atoms with E-state index in [-0.39, 0.29) is 6.04 Å². The van der Waals surface area contributed by atoms with E-state index in [0.717, 1.165) is 10.6 Å². The molecule has 2 rings (SSSR count). The normalized spacial score (nSPS) is 12.4. The smallest absolute Gasteiger partial charge is 0.101 e. The quantitative estimate of drug-likeness (QED) is 0.879. The van der Waals surface area contributed by atoms with Crippen LogP contribution in [0.3, 0.4) is 0 Å². The summed E-state index contributed by atoms with van der Waals surface area (Å²) in [6, 6.07) is 14.1. The molecule has 3 heteroatoms. The van der Waals surface area contributed by atoms with E-state index in [1.807, 2.05) is 37.3 Å². The van der Waals surface area contributed by atoms with Crippen LogP contribution in [0, 0.1) is 0 Å². The Kier molecular flexibility index (Phi) is 3.59. The average Bonchev–Trinajstić information content (AvgIpc) is 2.31. The highest BCUT2D eigenvalue weighted by Crippen LogP contribution is 2.31. The van der Waals surface area contributed by atoms with Crippen LogP contribution in [-0.4, -0.2) is 4.98 Å². The minimum absolute atomic E-state index is 0.0485. The van der Waals surface area contributed by atoms with Gasteiger partial charge in [0.25, 0.3) is 0 Å². The van der Waals surface area contributed by atoms with Crippen molar-refractivity contribution in [2.75, 3.05) is 0 Å². The van der Waals surface area contributed by atoms with Gasteiger partial charge >= 0.3 is 0 Å². The first-order valence-electron chi connectivity index (χ1n) is 5.21. The number of aromatic nitrogens is 1. The number of nitrogens with two attached hydrogens (primary N) is 1. The van der Waals surface area contributed by atoms with E-state index < -0.39 is 0 Å².